The van der Waals surface area contributed by atoms with Crippen LogP contribution >= 0.6 is 23.2 Å². The Kier molecular flexibility index (Phi) is 4.84. The first-order chi connectivity index (χ1) is 12.6. The van der Waals surface area contributed by atoms with Crippen molar-refractivity contribution in [3.05, 3.63) is 46.2 Å². The molecule has 3 heterocycles. The van der Waals surface area contributed by atoms with Crippen molar-refractivity contribution in [3.63, 3.8) is 0 Å². The third kappa shape index (κ3) is 3.42. The van der Waals surface area contributed by atoms with Gasteiger partial charge in [0, 0.05) is 24.3 Å². The van der Waals surface area contributed by atoms with Gasteiger partial charge in [-0.05, 0) is 31.2 Å². The van der Waals surface area contributed by atoms with Gasteiger partial charge in [-0.1, -0.05) is 23.2 Å². The number of anilines is 1. The molecule has 1 aliphatic rings. The zero-order valence-corrected chi connectivity index (χ0v) is 15.6. The number of morpholine rings is 1. The number of ether oxygens (including phenoxy) is 2. The van der Waals surface area contributed by atoms with Crippen molar-refractivity contribution < 1.29 is 9.47 Å². The first-order valence-corrected chi connectivity index (χ1v) is 9.03. The Morgan fingerprint density at radius 1 is 1.19 bits per heavy atom. The summed E-state index contributed by atoms with van der Waals surface area (Å²) in [4.78, 5) is 10.9. The summed E-state index contributed by atoms with van der Waals surface area (Å²) in [6, 6.07) is 7.00. The molecule has 0 radical (unpaired) electrons. The fourth-order valence-corrected chi connectivity index (χ4v) is 3.28. The molecule has 4 rings (SSSR count). The number of fused-ring (bicyclic) bond motifs is 1. The molecule has 9 heteroatoms. The molecule has 1 atom stereocenters. The molecule has 0 unspecified atom stereocenters. The van der Waals surface area contributed by atoms with Crippen molar-refractivity contribution in [2.75, 3.05) is 31.2 Å². The average Bonchev–Trinajstić information content (AvgIpc) is 3.09. The van der Waals surface area contributed by atoms with Crippen LogP contribution in [0.15, 0.2) is 30.5 Å². The van der Waals surface area contributed by atoms with Gasteiger partial charge < -0.3 is 14.4 Å². The van der Waals surface area contributed by atoms with Crippen LogP contribution in [0.1, 0.15) is 18.7 Å². The Balaban J connectivity index is 1.63. The van der Waals surface area contributed by atoms with Crippen molar-refractivity contribution in [2.24, 2.45) is 0 Å². The molecule has 0 amide bonds. The summed E-state index contributed by atoms with van der Waals surface area (Å²) in [5.74, 6) is 1.73. The SMILES string of the molecule is C[C@H](Oc1ccc(Cl)cc1Cl)c1ccnc2nc(N3CCOCC3)nn12. The Labute approximate surface area is 160 Å². The van der Waals surface area contributed by atoms with E-state index in [9.17, 15) is 0 Å². The topological polar surface area (TPSA) is 64.8 Å². The quantitative estimate of drug-likeness (QED) is 0.676. The first-order valence-electron chi connectivity index (χ1n) is 8.28. The maximum atomic E-state index is 6.21. The van der Waals surface area contributed by atoms with Crippen LogP contribution in [-0.2, 0) is 4.74 Å². The summed E-state index contributed by atoms with van der Waals surface area (Å²) < 4.78 is 13.1. The minimum atomic E-state index is -0.307. The highest BCUT2D eigenvalue weighted by atomic mass is 35.5. The highest BCUT2D eigenvalue weighted by molar-refractivity contribution is 6.35. The second kappa shape index (κ2) is 7.26. The van der Waals surface area contributed by atoms with E-state index in [0.717, 1.165) is 18.8 Å². The Hall–Kier alpha value is -2.09. The molecular formula is C17H17Cl2N5O2. The monoisotopic (exact) mass is 393 g/mol. The molecule has 1 saturated heterocycles. The normalized spacial score (nSPS) is 16.0. The van der Waals surface area contributed by atoms with Gasteiger partial charge in [-0.15, -0.1) is 5.10 Å². The van der Waals surface area contributed by atoms with Gasteiger partial charge in [-0.25, -0.2) is 4.98 Å². The predicted molar refractivity (Wildman–Crippen MR) is 99.3 cm³/mol. The van der Waals surface area contributed by atoms with Gasteiger partial charge in [-0.3, -0.25) is 0 Å². The van der Waals surface area contributed by atoms with Gasteiger partial charge in [0.2, 0.25) is 5.95 Å². The predicted octanol–water partition coefficient (Wildman–Crippen LogP) is 3.41. The molecule has 3 aromatic rings. The Morgan fingerprint density at radius 2 is 2.00 bits per heavy atom. The lowest BCUT2D eigenvalue weighted by Crippen LogP contribution is -2.36. The summed E-state index contributed by atoms with van der Waals surface area (Å²) in [6.45, 7) is 4.79. The van der Waals surface area contributed by atoms with Crippen LogP contribution in [0.5, 0.6) is 5.75 Å². The third-order valence-corrected chi connectivity index (χ3v) is 4.70. The average molecular weight is 394 g/mol. The molecule has 1 aliphatic heterocycles. The second-order valence-corrected chi connectivity index (χ2v) is 6.77. The molecule has 0 bridgehead atoms. The van der Waals surface area contributed by atoms with E-state index >= 15 is 0 Å². The summed E-state index contributed by atoms with van der Waals surface area (Å²) >= 11 is 12.2. The lowest BCUT2D eigenvalue weighted by Gasteiger charge is -2.25. The largest absolute Gasteiger partial charge is 0.483 e. The van der Waals surface area contributed by atoms with Gasteiger partial charge in [0.25, 0.3) is 5.78 Å². The van der Waals surface area contributed by atoms with Crippen LogP contribution in [-0.4, -0.2) is 45.9 Å². The highest BCUT2D eigenvalue weighted by Gasteiger charge is 2.20. The standard InChI is InChI=1S/C17H17Cl2N5O2/c1-11(26-15-3-2-12(18)10-13(15)19)14-4-5-20-16-21-17(22-24(14)16)23-6-8-25-9-7-23/h2-5,10-11H,6-9H2,1H3/t11-/m0/s1. The molecule has 0 N–H and O–H groups in total. The van der Waals surface area contributed by atoms with E-state index in [1.54, 1.807) is 28.9 Å². The number of aromatic nitrogens is 4. The maximum absolute atomic E-state index is 6.21. The smallest absolute Gasteiger partial charge is 0.254 e. The summed E-state index contributed by atoms with van der Waals surface area (Å²) in [5, 5.41) is 5.64. The van der Waals surface area contributed by atoms with Crippen LogP contribution in [0.25, 0.3) is 5.78 Å². The molecule has 2 aromatic heterocycles. The summed E-state index contributed by atoms with van der Waals surface area (Å²) in [5.41, 5.74) is 0.827. The second-order valence-electron chi connectivity index (χ2n) is 5.93. The van der Waals surface area contributed by atoms with Gasteiger partial charge in [0.05, 0.1) is 23.9 Å². The minimum absolute atomic E-state index is 0.307. The van der Waals surface area contributed by atoms with Gasteiger partial charge in [0.15, 0.2) is 0 Å². The van der Waals surface area contributed by atoms with E-state index < -0.39 is 0 Å². The maximum Gasteiger partial charge on any atom is 0.254 e. The van der Waals surface area contributed by atoms with Gasteiger partial charge in [-0.2, -0.15) is 9.50 Å². The van der Waals surface area contributed by atoms with Gasteiger partial charge in [0.1, 0.15) is 11.9 Å². The van der Waals surface area contributed by atoms with E-state index in [0.29, 0.717) is 40.7 Å². The zero-order chi connectivity index (χ0) is 18.1. The Morgan fingerprint density at radius 3 is 2.77 bits per heavy atom. The van der Waals surface area contributed by atoms with Crippen LogP contribution < -0.4 is 9.64 Å². The third-order valence-electron chi connectivity index (χ3n) is 4.17. The molecule has 1 fully saturated rings. The molecule has 0 saturated carbocycles. The number of nitrogens with zero attached hydrogens (tertiary/aromatic N) is 5. The number of hydrogen-bond acceptors (Lipinski definition) is 6. The summed E-state index contributed by atoms with van der Waals surface area (Å²) in [7, 11) is 0. The summed E-state index contributed by atoms with van der Waals surface area (Å²) in [6.07, 6.45) is 1.39. The zero-order valence-electron chi connectivity index (χ0n) is 14.1. The van der Waals surface area contributed by atoms with Crippen molar-refractivity contribution in [3.8, 4) is 5.75 Å². The van der Waals surface area contributed by atoms with Crippen LogP contribution in [0.3, 0.4) is 0 Å². The van der Waals surface area contributed by atoms with Crippen molar-refractivity contribution in [1.82, 2.24) is 19.6 Å². The van der Waals surface area contributed by atoms with Crippen LogP contribution in [0, 0.1) is 0 Å². The van der Waals surface area contributed by atoms with E-state index in [1.807, 2.05) is 13.0 Å². The molecule has 1 aromatic carbocycles. The molecule has 26 heavy (non-hydrogen) atoms. The van der Waals surface area contributed by atoms with Crippen molar-refractivity contribution in [2.45, 2.75) is 13.0 Å². The highest BCUT2D eigenvalue weighted by Crippen LogP contribution is 2.31. The number of halogens is 2. The lowest BCUT2D eigenvalue weighted by atomic mass is 10.2. The molecule has 7 nitrogen and oxygen atoms in total. The number of benzene rings is 1. The van der Waals surface area contributed by atoms with E-state index in [1.165, 1.54) is 0 Å². The van der Waals surface area contributed by atoms with Crippen molar-refractivity contribution >= 4 is 34.9 Å². The van der Waals surface area contributed by atoms with Crippen LogP contribution in [0.2, 0.25) is 10.0 Å². The first kappa shape index (κ1) is 17.3. The molecular weight excluding hydrogens is 377 g/mol. The van der Waals surface area contributed by atoms with E-state index in [-0.39, 0.29) is 6.10 Å². The fraction of sp³-hybridized carbons (Fsp3) is 0.353. The Bertz CT molecular complexity index is 927. The lowest BCUT2D eigenvalue weighted by molar-refractivity contribution is 0.122. The van der Waals surface area contributed by atoms with Crippen LogP contribution in [0.4, 0.5) is 5.95 Å². The number of hydrogen-bond donors (Lipinski definition) is 0. The van der Waals surface area contributed by atoms with Crippen molar-refractivity contribution in [1.29, 1.82) is 0 Å². The minimum Gasteiger partial charge on any atom is -0.483 e. The number of rotatable bonds is 4. The molecule has 0 spiro atoms. The van der Waals surface area contributed by atoms with E-state index in [4.69, 9.17) is 32.7 Å². The molecule has 0 aliphatic carbocycles. The van der Waals surface area contributed by atoms with E-state index in [2.05, 4.69) is 20.0 Å². The fourth-order valence-electron chi connectivity index (χ4n) is 2.83. The van der Waals surface area contributed by atoms with Gasteiger partial charge >= 0.3 is 0 Å². The molecule has 136 valence electrons.